The molecule has 0 aromatic rings. The van der Waals surface area contributed by atoms with Gasteiger partial charge in [0.1, 0.15) is 6.04 Å². The normalized spacial score (nSPS) is 20.1. The van der Waals surface area contributed by atoms with E-state index >= 15 is 0 Å². The molecule has 1 aliphatic rings. The molecule has 5 nitrogen and oxygen atoms in total. The van der Waals surface area contributed by atoms with Gasteiger partial charge in [0.05, 0.1) is 0 Å². The molecule has 1 unspecified atom stereocenters. The molecule has 1 aliphatic heterocycles. The monoisotopic (exact) mass is 260 g/mol. The van der Waals surface area contributed by atoms with Gasteiger partial charge in [0.2, 0.25) is 0 Å². The fraction of sp³-hybridized carbons (Fsp3) is 0.818. The summed E-state index contributed by atoms with van der Waals surface area (Å²) in [5.74, 6) is 0.397. The maximum absolute atomic E-state index is 12.1. The zero-order chi connectivity index (χ0) is 12.8. The second kappa shape index (κ2) is 6.74. The minimum atomic E-state index is -0.908. The van der Waals surface area contributed by atoms with Gasteiger partial charge in [0.15, 0.2) is 0 Å². The lowest BCUT2D eigenvalue weighted by atomic mass is 10.2. The van der Waals surface area contributed by atoms with E-state index in [1.807, 2.05) is 0 Å². The summed E-state index contributed by atoms with van der Waals surface area (Å²) in [5, 5.41) is 9.09. The first-order chi connectivity index (χ1) is 8.07. The van der Waals surface area contributed by atoms with Gasteiger partial charge in [0, 0.05) is 31.6 Å². The van der Waals surface area contributed by atoms with Crippen LogP contribution in [-0.2, 0) is 4.79 Å². The third kappa shape index (κ3) is 3.80. The van der Waals surface area contributed by atoms with Crippen LogP contribution in [0.1, 0.15) is 19.8 Å². The lowest BCUT2D eigenvalue weighted by molar-refractivity contribution is -0.141. The number of aliphatic carboxylic acids is 1. The highest BCUT2D eigenvalue weighted by molar-refractivity contribution is 7.99. The standard InChI is InChI=1S/C11H20N2O3S/c1-3-4-5-12(2)11(16)13-6-7-17-8-9(13)10(14)15/h9H,3-8H2,1-2H3,(H,14,15). The van der Waals surface area contributed by atoms with E-state index in [0.717, 1.165) is 18.6 Å². The molecule has 98 valence electrons. The molecule has 1 heterocycles. The van der Waals surface area contributed by atoms with Crippen molar-refractivity contribution < 1.29 is 14.7 Å². The van der Waals surface area contributed by atoms with Gasteiger partial charge < -0.3 is 14.9 Å². The Balaban J connectivity index is 2.61. The second-order valence-corrected chi connectivity index (χ2v) is 5.33. The van der Waals surface area contributed by atoms with Crippen molar-refractivity contribution in [3.8, 4) is 0 Å². The van der Waals surface area contributed by atoms with Crippen LogP contribution < -0.4 is 0 Å². The van der Waals surface area contributed by atoms with Crippen molar-refractivity contribution in [2.45, 2.75) is 25.8 Å². The number of carbonyl (C=O) groups is 2. The van der Waals surface area contributed by atoms with Gasteiger partial charge in [-0.25, -0.2) is 9.59 Å². The number of carboxylic acids is 1. The van der Waals surface area contributed by atoms with E-state index in [-0.39, 0.29) is 6.03 Å². The highest BCUT2D eigenvalue weighted by Crippen LogP contribution is 2.18. The van der Waals surface area contributed by atoms with Gasteiger partial charge in [-0.05, 0) is 6.42 Å². The Hall–Kier alpha value is -0.910. The largest absolute Gasteiger partial charge is 0.480 e. The molecule has 0 spiro atoms. The van der Waals surface area contributed by atoms with Crippen LogP contribution in [0.4, 0.5) is 4.79 Å². The van der Waals surface area contributed by atoms with Gasteiger partial charge in [-0.3, -0.25) is 0 Å². The summed E-state index contributed by atoms with van der Waals surface area (Å²) in [4.78, 5) is 26.3. The lowest BCUT2D eigenvalue weighted by Gasteiger charge is -2.35. The number of amides is 2. The predicted molar refractivity (Wildman–Crippen MR) is 68.4 cm³/mol. The van der Waals surface area contributed by atoms with Crippen molar-refractivity contribution in [2.75, 3.05) is 31.6 Å². The first-order valence-electron chi connectivity index (χ1n) is 5.90. The average molecular weight is 260 g/mol. The van der Waals surface area contributed by atoms with Crippen LogP contribution in [0.25, 0.3) is 0 Å². The van der Waals surface area contributed by atoms with E-state index in [0.29, 0.717) is 18.8 Å². The van der Waals surface area contributed by atoms with Crippen molar-refractivity contribution >= 4 is 23.8 Å². The molecule has 0 radical (unpaired) electrons. The smallest absolute Gasteiger partial charge is 0.327 e. The Bertz CT molecular complexity index is 286. The quantitative estimate of drug-likeness (QED) is 0.828. The van der Waals surface area contributed by atoms with E-state index in [1.165, 1.54) is 4.90 Å². The number of urea groups is 1. The predicted octanol–water partition coefficient (Wildman–Crippen LogP) is 1.34. The summed E-state index contributed by atoms with van der Waals surface area (Å²) in [5.41, 5.74) is 0. The summed E-state index contributed by atoms with van der Waals surface area (Å²) >= 11 is 1.59. The topological polar surface area (TPSA) is 60.9 Å². The molecule has 1 saturated heterocycles. The average Bonchev–Trinajstić information content (AvgIpc) is 2.34. The van der Waals surface area contributed by atoms with E-state index in [1.54, 1.807) is 23.7 Å². The van der Waals surface area contributed by atoms with Crippen LogP contribution in [0.2, 0.25) is 0 Å². The molecule has 0 aromatic carbocycles. The van der Waals surface area contributed by atoms with Crippen LogP contribution in [0.3, 0.4) is 0 Å². The molecule has 0 aromatic heterocycles. The van der Waals surface area contributed by atoms with Gasteiger partial charge in [-0.2, -0.15) is 11.8 Å². The molecule has 17 heavy (non-hydrogen) atoms. The molecular weight excluding hydrogens is 240 g/mol. The van der Waals surface area contributed by atoms with Crippen LogP contribution in [0.15, 0.2) is 0 Å². The van der Waals surface area contributed by atoms with Gasteiger partial charge in [0.25, 0.3) is 0 Å². The molecule has 0 bridgehead atoms. The van der Waals surface area contributed by atoms with Crippen molar-refractivity contribution in [3.05, 3.63) is 0 Å². The minimum absolute atomic E-state index is 0.161. The third-order valence-corrected chi connectivity index (χ3v) is 3.86. The number of thioether (sulfide) groups is 1. The van der Waals surface area contributed by atoms with E-state index < -0.39 is 12.0 Å². The Kier molecular flexibility index (Phi) is 5.61. The zero-order valence-electron chi connectivity index (χ0n) is 10.4. The highest BCUT2D eigenvalue weighted by Gasteiger charge is 2.33. The molecule has 6 heteroatoms. The summed E-state index contributed by atoms with van der Waals surface area (Å²) in [7, 11) is 1.73. The van der Waals surface area contributed by atoms with Crippen molar-refractivity contribution in [1.29, 1.82) is 0 Å². The van der Waals surface area contributed by atoms with Gasteiger partial charge in [-0.15, -0.1) is 0 Å². The molecule has 2 amide bonds. The molecule has 1 rings (SSSR count). The maximum atomic E-state index is 12.1. The van der Waals surface area contributed by atoms with Crippen molar-refractivity contribution in [2.24, 2.45) is 0 Å². The fourth-order valence-electron chi connectivity index (χ4n) is 1.75. The van der Waals surface area contributed by atoms with Gasteiger partial charge >= 0.3 is 12.0 Å². The van der Waals surface area contributed by atoms with E-state index in [2.05, 4.69) is 6.92 Å². The van der Waals surface area contributed by atoms with Crippen LogP contribution in [-0.4, -0.2) is 64.6 Å². The second-order valence-electron chi connectivity index (χ2n) is 4.18. The molecule has 0 aliphatic carbocycles. The fourth-order valence-corrected chi connectivity index (χ4v) is 2.79. The Labute approximate surface area is 106 Å². The SMILES string of the molecule is CCCCN(C)C(=O)N1CCSCC1C(=O)O. The van der Waals surface area contributed by atoms with Crippen LogP contribution >= 0.6 is 11.8 Å². The van der Waals surface area contributed by atoms with Crippen LogP contribution in [0.5, 0.6) is 0 Å². The lowest BCUT2D eigenvalue weighted by Crippen LogP contribution is -2.54. The maximum Gasteiger partial charge on any atom is 0.327 e. The first kappa shape index (κ1) is 14.2. The Morgan fingerprint density at radius 3 is 2.82 bits per heavy atom. The first-order valence-corrected chi connectivity index (χ1v) is 7.05. The molecular formula is C11H20N2O3S. The van der Waals surface area contributed by atoms with E-state index in [4.69, 9.17) is 5.11 Å². The van der Waals surface area contributed by atoms with Crippen molar-refractivity contribution in [1.82, 2.24) is 9.80 Å². The molecule has 1 atom stereocenters. The van der Waals surface area contributed by atoms with E-state index in [9.17, 15) is 9.59 Å². The molecule has 0 saturated carbocycles. The highest BCUT2D eigenvalue weighted by atomic mass is 32.2. The number of hydrogen-bond acceptors (Lipinski definition) is 3. The summed E-state index contributed by atoms with van der Waals surface area (Å²) < 4.78 is 0. The van der Waals surface area contributed by atoms with Gasteiger partial charge in [-0.1, -0.05) is 13.3 Å². The van der Waals surface area contributed by atoms with Crippen molar-refractivity contribution in [3.63, 3.8) is 0 Å². The molecule has 1 N–H and O–H groups in total. The third-order valence-electron chi connectivity index (χ3n) is 2.83. The summed E-state index contributed by atoms with van der Waals surface area (Å²) in [6.45, 7) is 3.28. The summed E-state index contributed by atoms with van der Waals surface area (Å²) in [6.07, 6.45) is 1.97. The van der Waals surface area contributed by atoms with Crippen LogP contribution in [0, 0.1) is 0 Å². The zero-order valence-corrected chi connectivity index (χ0v) is 11.2. The number of carboxylic acid groups (broad SMARTS) is 1. The summed E-state index contributed by atoms with van der Waals surface area (Å²) in [6, 6.07) is -0.837. The number of rotatable bonds is 4. The molecule has 1 fully saturated rings. The number of unbranched alkanes of at least 4 members (excludes halogenated alkanes) is 1. The number of carbonyl (C=O) groups excluding carboxylic acids is 1. The number of nitrogens with zero attached hydrogens (tertiary/aromatic N) is 2. The number of hydrogen-bond donors (Lipinski definition) is 1. The Morgan fingerprint density at radius 2 is 2.24 bits per heavy atom. The minimum Gasteiger partial charge on any atom is -0.480 e. The Morgan fingerprint density at radius 1 is 1.53 bits per heavy atom.